The van der Waals surface area contributed by atoms with Gasteiger partial charge in [0.2, 0.25) is 0 Å². The van der Waals surface area contributed by atoms with Crippen LogP contribution in [0.1, 0.15) is 10.4 Å². The SMILES string of the molecule is CN(C)CCNC(=O)c1ccn[c]c1-c1ccccc1. The van der Waals surface area contributed by atoms with Gasteiger partial charge in [0.1, 0.15) is 0 Å². The summed E-state index contributed by atoms with van der Waals surface area (Å²) in [6.07, 6.45) is 4.50. The van der Waals surface area contributed by atoms with E-state index in [0.29, 0.717) is 12.1 Å². The average molecular weight is 268 g/mol. The highest BCUT2D eigenvalue weighted by atomic mass is 16.1. The molecule has 1 aromatic carbocycles. The Labute approximate surface area is 119 Å². The number of nitrogens with one attached hydrogen (secondary N) is 1. The number of nitrogens with zero attached hydrogens (tertiary/aromatic N) is 2. The zero-order valence-corrected chi connectivity index (χ0v) is 11.8. The molecular weight excluding hydrogens is 250 g/mol. The Morgan fingerprint density at radius 1 is 1.25 bits per heavy atom. The van der Waals surface area contributed by atoms with Crippen LogP contribution in [0.25, 0.3) is 11.1 Å². The molecule has 0 fully saturated rings. The number of carbonyl (C=O) groups is 1. The Morgan fingerprint density at radius 2 is 2.00 bits per heavy atom. The second-order valence-corrected chi connectivity index (χ2v) is 4.77. The van der Waals surface area contributed by atoms with E-state index in [-0.39, 0.29) is 5.91 Å². The number of benzene rings is 1. The fourth-order valence-electron chi connectivity index (χ4n) is 1.86. The Hall–Kier alpha value is -2.20. The summed E-state index contributed by atoms with van der Waals surface area (Å²) < 4.78 is 0. The van der Waals surface area contributed by atoms with Crippen molar-refractivity contribution in [3.8, 4) is 11.1 Å². The zero-order chi connectivity index (χ0) is 14.4. The van der Waals surface area contributed by atoms with E-state index in [1.54, 1.807) is 12.3 Å². The summed E-state index contributed by atoms with van der Waals surface area (Å²) in [5.74, 6) is -0.0932. The first-order valence-corrected chi connectivity index (χ1v) is 6.53. The Kier molecular flexibility index (Phi) is 4.85. The van der Waals surface area contributed by atoms with Crippen molar-refractivity contribution in [3.63, 3.8) is 0 Å². The zero-order valence-electron chi connectivity index (χ0n) is 11.8. The first-order valence-electron chi connectivity index (χ1n) is 6.53. The van der Waals surface area contributed by atoms with Crippen LogP contribution in [0.4, 0.5) is 0 Å². The van der Waals surface area contributed by atoms with Crippen molar-refractivity contribution in [3.05, 3.63) is 54.4 Å². The third kappa shape index (κ3) is 3.65. The number of carbonyl (C=O) groups excluding carboxylic acids is 1. The molecule has 0 aliphatic rings. The van der Waals surface area contributed by atoms with Gasteiger partial charge in [-0.15, -0.1) is 0 Å². The molecule has 1 radical (unpaired) electrons. The van der Waals surface area contributed by atoms with E-state index in [1.165, 1.54) is 0 Å². The van der Waals surface area contributed by atoms with Crippen molar-refractivity contribution in [1.82, 2.24) is 15.2 Å². The third-order valence-electron chi connectivity index (χ3n) is 2.91. The molecule has 0 spiro atoms. The molecule has 0 bridgehead atoms. The summed E-state index contributed by atoms with van der Waals surface area (Å²) in [6.45, 7) is 1.42. The molecule has 0 saturated heterocycles. The standard InChI is InChI=1S/C16H18N3O/c1-19(2)11-10-18-16(20)14-8-9-17-12-15(14)13-6-4-3-5-7-13/h3-9H,10-11H2,1-2H3,(H,18,20). The smallest absolute Gasteiger partial charge is 0.252 e. The van der Waals surface area contributed by atoms with Crippen molar-refractivity contribution in [2.24, 2.45) is 0 Å². The molecule has 4 heteroatoms. The molecule has 0 aliphatic carbocycles. The normalized spacial score (nSPS) is 10.6. The molecule has 2 aromatic rings. The van der Waals surface area contributed by atoms with Crippen LogP contribution < -0.4 is 5.32 Å². The molecule has 0 unspecified atom stereocenters. The predicted octanol–water partition coefficient (Wildman–Crippen LogP) is 1.84. The van der Waals surface area contributed by atoms with Crippen LogP contribution in [-0.4, -0.2) is 43.0 Å². The van der Waals surface area contributed by atoms with Crippen molar-refractivity contribution >= 4 is 5.91 Å². The van der Waals surface area contributed by atoms with Gasteiger partial charge >= 0.3 is 0 Å². The van der Waals surface area contributed by atoms with Gasteiger partial charge < -0.3 is 10.2 Å². The van der Waals surface area contributed by atoms with Crippen LogP contribution in [0, 0.1) is 6.20 Å². The van der Waals surface area contributed by atoms with Gasteiger partial charge in [-0.3, -0.25) is 9.78 Å². The van der Waals surface area contributed by atoms with Crippen molar-refractivity contribution in [2.75, 3.05) is 27.2 Å². The van der Waals surface area contributed by atoms with Crippen LogP contribution in [0.3, 0.4) is 0 Å². The lowest BCUT2D eigenvalue weighted by molar-refractivity contribution is 0.0951. The topological polar surface area (TPSA) is 45.2 Å². The summed E-state index contributed by atoms with van der Waals surface area (Å²) >= 11 is 0. The average Bonchev–Trinajstić information content (AvgIpc) is 2.47. The Balaban J connectivity index is 2.18. The predicted molar refractivity (Wildman–Crippen MR) is 79.4 cm³/mol. The van der Waals surface area contributed by atoms with Gasteiger partial charge in [0, 0.05) is 24.8 Å². The van der Waals surface area contributed by atoms with Crippen molar-refractivity contribution in [2.45, 2.75) is 0 Å². The van der Waals surface area contributed by atoms with E-state index in [9.17, 15) is 4.79 Å². The number of hydrogen-bond donors (Lipinski definition) is 1. The number of hydrogen-bond acceptors (Lipinski definition) is 3. The molecule has 0 aliphatic heterocycles. The fourth-order valence-corrected chi connectivity index (χ4v) is 1.86. The van der Waals surface area contributed by atoms with Crippen molar-refractivity contribution < 1.29 is 4.79 Å². The summed E-state index contributed by atoms with van der Waals surface area (Å²) in [6, 6.07) is 11.4. The molecular formula is C16H18N3O. The maximum atomic E-state index is 12.2. The van der Waals surface area contributed by atoms with Crippen LogP contribution in [-0.2, 0) is 0 Å². The van der Waals surface area contributed by atoms with Crippen LogP contribution in [0.15, 0.2) is 42.6 Å². The largest absolute Gasteiger partial charge is 0.351 e. The Bertz CT molecular complexity index is 567. The third-order valence-corrected chi connectivity index (χ3v) is 2.91. The van der Waals surface area contributed by atoms with E-state index < -0.39 is 0 Å². The quantitative estimate of drug-likeness (QED) is 0.900. The number of amides is 1. The number of likely N-dealkylation sites (N-methyl/N-ethyl adjacent to an activating group) is 1. The molecule has 1 amide bonds. The molecule has 103 valence electrons. The van der Waals surface area contributed by atoms with Gasteiger partial charge in [-0.05, 0) is 25.7 Å². The number of pyridine rings is 1. The van der Waals surface area contributed by atoms with Crippen molar-refractivity contribution in [1.29, 1.82) is 0 Å². The second kappa shape index (κ2) is 6.82. The fraction of sp³-hybridized carbons (Fsp3) is 0.250. The van der Waals surface area contributed by atoms with Gasteiger partial charge in [0.15, 0.2) is 0 Å². The highest BCUT2D eigenvalue weighted by Crippen LogP contribution is 2.21. The highest BCUT2D eigenvalue weighted by Gasteiger charge is 2.12. The van der Waals surface area contributed by atoms with E-state index in [4.69, 9.17) is 0 Å². The molecule has 0 saturated carbocycles. The van der Waals surface area contributed by atoms with Gasteiger partial charge in [-0.25, -0.2) is 0 Å². The number of rotatable bonds is 5. The number of aromatic nitrogens is 1. The summed E-state index contributed by atoms with van der Waals surface area (Å²) in [4.78, 5) is 18.3. The molecule has 1 heterocycles. The monoisotopic (exact) mass is 268 g/mol. The highest BCUT2D eigenvalue weighted by molar-refractivity contribution is 6.00. The molecule has 4 nitrogen and oxygen atoms in total. The maximum Gasteiger partial charge on any atom is 0.252 e. The maximum absolute atomic E-state index is 12.2. The van der Waals surface area contributed by atoms with Gasteiger partial charge in [-0.2, -0.15) is 0 Å². The van der Waals surface area contributed by atoms with E-state index >= 15 is 0 Å². The minimum atomic E-state index is -0.0932. The summed E-state index contributed by atoms with van der Waals surface area (Å²) in [5, 5.41) is 2.91. The van der Waals surface area contributed by atoms with Crippen LogP contribution >= 0.6 is 0 Å². The minimum absolute atomic E-state index is 0.0932. The summed E-state index contributed by atoms with van der Waals surface area (Å²) in [5.41, 5.74) is 2.28. The van der Waals surface area contributed by atoms with Gasteiger partial charge in [0.25, 0.3) is 5.91 Å². The lowest BCUT2D eigenvalue weighted by atomic mass is 10.0. The Morgan fingerprint density at radius 3 is 2.70 bits per heavy atom. The molecule has 1 N–H and O–H groups in total. The molecule has 20 heavy (non-hydrogen) atoms. The molecule has 0 atom stereocenters. The molecule has 2 rings (SSSR count). The van der Waals surface area contributed by atoms with E-state index in [0.717, 1.165) is 17.7 Å². The summed E-state index contributed by atoms with van der Waals surface area (Å²) in [7, 11) is 3.95. The second-order valence-electron chi connectivity index (χ2n) is 4.77. The van der Waals surface area contributed by atoms with E-state index in [1.807, 2.05) is 49.3 Å². The first-order chi connectivity index (χ1) is 9.68. The van der Waals surface area contributed by atoms with Gasteiger partial charge in [-0.1, -0.05) is 30.3 Å². The molecule has 1 aromatic heterocycles. The minimum Gasteiger partial charge on any atom is -0.351 e. The van der Waals surface area contributed by atoms with E-state index in [2.05, 4.69) is 16.5 Å². The lowest BCUT2D eigenvalue weighted by Crippen LogP contribution is -2.31. The van der Waals surface area contributed by atoms with Crippen LogP contribution in [0.5, 0.6) is 0 Å². The first kappa shape index (κ1) is 14.2. The lowest BCUT2D eigenvalue weighted by Gasteiger charge is -2.12. The van der Waals surface area contributed by atoms with Gasteiger partial charge in [0.05, 0.1) is 11.8 Å². The van der Waals surface area contributed by atoms with Crippen LogP contribution in [0.2, 0.25) is 0 Å².